The molecule has 0 amide bonds. The van der Waals surface area contributed by atoms with Gasteiger partial charge in [-0.3, -0.25) is 0 Å². The Bertz CT molecular complexity index is 1290. The lowest BCUT2D eigenvalue weighted by Gasteiger charge is -2.48. The molecule has 1 aliphatic carbocycles. The summed E-state index contributed by atoms with van der Waals surface area (Å²) in [6, 6.07) is 31.9. The van der Waals surface area contributed by atoms with E-state index < -0.39 is 17.4 Å². The first-order valence-corrected chi connectivity index (χ1v) is 10.7. The molecule has 1 aliphatic heterocycles. The van der Waals surface area contributed by atoms with Gasteiger partial charge in [0.05, 0.1) is 0 Å². The van der Waals surface area contributed by atoms with Crippen molar-refractivity contribution in [3.63, 3.8) is 0 Å². The summed E-state index contributed by atoms with van der Waals surface area (Å²) < 4.78 is 24.8. The van der Waals surface area contributed by atoms with Gasteiger partial charge in [-0.15, -0.1) is 0 Å². The average molecular weight is 393 g/mol. The highest BCUT2D eigenvalue weighted by Crippen LogP contribution is 2.58. The monoisotopic (exact) mass is 392 g/mol. The van der Waals surface area contributed by atoms with E-state index in [2.05, 4.69) is 84.9 Å². The number of ether oxygens (including phenoxy) is 1. The minimum Gasteiger partial charge on any atom is -0.488 e. The Balaban J connectivity index is 1.80. The zero-order chi connectivity index (χ0) is 22.1. The molecule has 0 spiro atoms. The van der Waals surface area contributed by atoms with Crippen LogP contribution >= 0.6 is 0 Å². The predicted molar refractivity (Wildman–Crippen MR) is 123 cm³/mol. The Morgan fingerprint density at radius 3 is 2.13 bits per heavy atom. The lowest BCUT2D eigenvalue weighted by Crippen LogP contribution is -2.41. The maximum atomic E-state index is 9.26. The van der Waals surface area contributed by atoms with Crippen molar-refractivity contribution < 1.29 is 7.48 Å². The van der Waals surface area contributed by atoms with Crippen LogP contribution in [0.2, 0.25) is 0 Å². The molecule has 4 aromatic rings. The van der Waals surface area contributed by atoms with Gasteiger partial charge in [-0.2, -0.15) is 0 Å². The molecule has 1 heterocycles. The van der Waals surface area contributed by atoms with Crippen molar-refractivity contribution in [2.75, 3.05) is 0 Å². The van der Waals surface area contributed by atoms with Crippen molar-refractivity contribution in [3.8, 4) is 5.75 Å². The van der Waals surface area contributed by atoms with Gasteiger partial charge in [0, 0.05) is 13.7 Å². The standard InChI is InChI=1S/C29H26O/c1-28(2)18-21-19-29(22-11-5-3-6-12-22,23-13-7-4-8-14-23)24-15-9-10-20-16-17-25(30-28)27(21)26(20)24/h3-17,21H,18-19H2,1-2H3/i18D2. The quantitative estimate of drug-likeness (QED) is 0.350. The first-order chi connectivity index (χ1) is 15.4. The van der Waals surface area contributed by atoms with E-state index in [9.17, 15) is 2.74 Å². The first kappa shape index (κ1) is 15.7. The second-order valence-electron chi connectivity index (χ2n) is 9.03. The van der Waals surface area contributed by atoms with E-state index in [1.54, 1.807) is 0 Å². The Kier molecular flexibility index (Phi) is 3.26. The van der Waals surface area contributed by atoms with Gasteiger partial charge in [0.2, 0.25) is 0 Å². The van der Waals surface area contributed by atoms with Crippen LogP contribution in [-0.2, 0) is 5.41 Å². The molecule has 2 aliphatic rings. The van der Waals surface area contributed by atoms with E-state index in [4.69, 9.17) is 4.74 Å². The molecular weight excluding hydrogens is 364 g/mol. The van der Waals surface area contributed by atoms with Crippen LogP contribution in [-0.4, -0.2) is 5.60 Å². The minimum absolute atomic E-state index is 0.291. The zero-order valence-electron chi connectivity index (χ0n) is 19.4. The Morgan fingerprint density at radius 2 is 1.47 bits per heavy atom. The van der Waals surface area contributed by atoms with Crippen molar-refractivity contribution in [2.45, 2.75) is 43.6 Å². The van der Waals surface area contributed by atoms with Crippen molar-refractivity contribution in [3.05, 3.63) is 113 Å². The van der Waals surface area contributed by atoms with Crippen LogP contribution in [0.25, 0.3) is 10.8 Å². The summed E-state index contributed by atoms with van der Waals surface area (Å²) in [6.07, 6.45) is -0.874. The fraction of sp³-hybridized carbons (Fsp3) is 0.241. The van der Waals surface area contributed by atoms with Crippen LogP contribution in [0.4, 0.5) is 0 Å². The van der Waals surface area contributed by atoms with Crippen molar-refractivity contribution in [1.29, 1.82) is 0 Å². The van der Waals surface area contributed by atoms with E-state index in [-0.39, 0.29) is 5.92 Å². The van der Waals surface area contributed by atoms with E-state index in [0.717, 1.165) is 22.1 Å². The number of hydrogen-bond acceptors (Lipinski definition) is 1. The van der Waals surface area contributed by atoms with Gasteiger partial charge in [0.1, 0.15) is 11.4 Å². The SMILES string of the molecule is [2H]C1([2H])C2CC(c3ccccc3)(c3ccccc3)c3cccc4ccc(c2c34)OC1(C)C. The van der Waals surface area contributed by atoms with Gasteiger partial charge in [-0.05, 0) is 66.1 Å². The fourth-order valence-corrected chi connectivity index (χ4v) is 5.70. The molecule has 1 heteroatoms. The smallest absolute Gasteiger partial charge is 0.124 e. The van der Waals surface area contributed by atoms with E-state index in [0.29, 0.717) is 6.42 Å². The molecule has 1 atom stereocenters. The minimum atomic E-state index is -1.53. The lowest BCUT2D eigenvalue weighted by atomic mass is 9.58. The second-order valence-corrected chi connectivity index (χ2v) is 9.03. The van der Waals surface area contributed by atoms with Gasteiger partial charge in [-0.25, -0.2) is 0 Å². The second kappa shape index (κ2) is 6.22. The molecule has 0 saturated carbocycles. The molecule has 1 unspecified atom stereocenters. The largest absolute Gasteiger partial charge is 0.488 e. The summed E-state index contributed by atoms with van der Waals surface area (Å²) in [4.78, 5) is 0. The number of benzene rings is 4. The Hall–Kier alpha value is -3.06. The number of hydrogen-bond donors (Lipinski definition) is 0. The molecule has 4 aromatic carbocycles. The highest BCUT2D eigenvalue weighted by Gasteiger charge is 2.48. The third kappa shape index (κ3) is 2.41. The van der Waals surface area contributed by atoms with E-state index >= 15 is 0 Å². The van der Waals surface area contributed by atoms with E-state index in [1.807, 2.05) is 19.9 Å². The summed E-state index contributed by atoms with van der Waals surface area (Å²) in [5.74, 6) is 0.532. The molecule has 0 saturated heterocycles. The van der Waals surface area contributed by atoms with Gasteiger partial charge >= 0.3 is 0 Å². The summed E-state index contributed by atoms with van der Waals surface area (Å²) in [7, 11) is 0. The van der Waals surface area contributed by atoms with Gasteiger partial charge < -0.3 is 4.74 Å². The highest BCUT2D eigenvalue weighted by atomic mass is 16.5. The molecule has 6 rings (SSSR count). The first-order valence-electron chi connectivity index (χ1n) is 11.7. The topological polar surface area (TPSA) is 9.23 Å². The molecule has 1 nitrogen and oxygen atoms in total. The lowest BCUT2D eigenvalue weighted by molar-refractivity contribution is 0.0679. The van der Waals surface area contributed by atoms with E-state index in [1.165, 1.54) is 16.7 Å². The van der Waals surface area contributed by atoms with Crippen molar-refractivity contribution in [1.82, 2.24) is 0 Å². The maximum absolute atomic E-state index is 9.26. The van der Waals surface area contributed by atoms with Gasteiger partial charge in [0.15, 0.2) is 0 Å². The molecule has 30 heavy (non-hydrogen) atoms. The predicted octanol–water partition coefficient (Wildman–Crippen LogP) is 7.22. The molecule has 0 fully saturated rings. The third-order valence-corrected chi connectivity index (χ3v) is 6.78. The van der Waals surface area contributed by atoms with Gasteiger partial charge in [-0.1, -0.05) is 84.9 Å². The Morgan fingerprint density at radius 1 is 0.800 bits per heavy atom. The van der Waals surface area contributed by atoms with Crippen LogP contribution in [0, 0.1) is 0 Å². The zero-order valence-corrected chi connectivity index (χ0v) is 17.4. The average Bonchev–Trinajstić information content (AvgIpc) is 2.81. The summed E-state index contributed by atoms with van der Waals surface area (Å²) in [5, 5.41) is 2.29. The molecular formula is C29H26O. The van der Waals surface area contributed by atoms with Gasteiger partial charge in [0.25, 0.3) is 0 Å². The van der Waals surface area contributed by atoms with Crippen molar-refractivity contribution in [2.24, 2.45) is 0 Å². The maximum Gasteiger partial charge on any atom is 0.124 e. The normalized spacial score (nSPS) is 23.2. The molecule has 0 aromatic heterocycles. The van der Waals surface area contributed by atoms with Crippen LogP contribution in [0.1, 0.15) is 57.6 Å². The summed E-state index contributed by atoms with van der Waals surface area (Å²) in [6.45, 7) is 3.76. The van der Waals surface area contributed by atoms with Crippen LogP contribution in [0.3, 0.4) is 0 Å². The molecule has 148 valence electrons. The fourth-order valence-electron chi connectivity index (χ4n) is 5.70. The molecule has 0 bridgehead atoms. The molecule has 0 radical (unpaired) electrons. The van der Waals surface area contributed by atoms with Crippen LogP contribution in [0.15, 0.2) is 91.0 Å². The Labute approximate surface area is 181 Å². The van der Waals surface area contributed by atoms with Crippen LogP contribution in [0.5, 0.6) is 5.75 Å². The molecule has 0 N–H and O–H groups in total. The highest BCUT2D eigenvalue weighted by molar-refractivity contribution is 5.94. The third-order valence-electron chi connectivity index (χ3n) is 6.78. The van der Waals surface area contributed by atoms with Crippen molar-refractivity contribution >= 4 is 10.8 Å². The summed E-state index contributed by atoms with van der Waals surface area (Å²) in [5.41, 5.74) is 3.30. The van der Waals surface area contributed by atoms with Crippen LogP contribution < -0.4 is 4.74 Å². The summed E-state index contributed by atoms with van der Waals surface area (Å²) >= 11 is 0. The number of rotatable bonds is 2.